The van der Waals surface area contributed by atoms with Crippen molar-refractivity contribution in [1.29, 1.82) is 0 Å². The van der Waals surface area contributed by atoms with Gasteiger partial charge in [0, 0.05) is 23.6 Å². The molecule has 0 radical (unpaired) electrons. The van der Waals surface area contributed by atoms with E-state index in [1.165, 1.54) is 16.4 Å². The molecule has 1 aromatic rings. The van der Waals surface area contributed by atoms with E-state index in [1.54, 1.807) is 19.9 Å². The SMILES string of the molecule is CC[C@H](C)NC(=O)c1cc(S(=O)(=O)N(CC)CC)ccc1Br. The number of nitrogens with zero attached hydrogens (tertiary/aromatic N) is 1. The van der Waals surface area contributed by atoms with Gasteiger partial charge in [0.1, 0.15) is 0 Å². The molecule has 1 rings (SSSR count). The molecule has 0 spiro atoms. The van der Waals surface area contributed by atoms with Gasteiger partial charge in [-0.3, -0.25) is 4.79 Å². The van der Waals surface area contributed by atoms with E-state index in [-0.39, 0.29) is 16.8 Å². The lowest BCUT2D eigenvalue weighted by Gasteiger charge is -2.19. The van der Waals surface area contributed by atoms with E-state index in [0.29, 0.717) is 23.1 Å². The number of carbonyl (C=O) groups is 1. The summed E-state index contributed by atoms with van der Waals surface area (Å²) in [5.74, 6) is -0.280. The summed E-state index contributed by atoms with van der Waals surface area (Å²) in [7, 11) is -3.58. The van der Waals surface area contributed by atoms with Gasteiger partial charge in [-0.1, -0.05) is 20.8 Å². The molecule has 1 N–H and O–H groups in total. The van der Waals surface area contributed by atoms with E-state index >= 15 is 0 Å². The first-order valence-corrected chi connectivity index (χ1v) is 9.61. The Morgan fingerprint density at radius 3 is 2.36 bits per heavy atom. The molecule has 0 unspecified atom stereocenters. The molecule has 0 saturated heterocycles. The van der Waals surface area contributed by atoms with E-state index in [2.05, 4.69) is 21.2 Å². The Labute approximate surface area is 141 Å². The molecule has 0 aromatic heterocycles. The molecule has 0 fully saturated rings. The van der Waals surface area contributed by atoms with Crippen molar-refractivity contribution >= 4 is 31.9 Å². The molecule has 0 aliphatic rings. The fraction of sp³-hybridized carbons (Fsp3) is 0.533. The van der Waals surface area contributed by atoms with Crippen molar-refractivity contribution in [2.45, 2.75) is 45.1 Å². The Morgan fingerprint density at radius 1 is 1.27 bits per heavy atom. The number of sulfonamides is 1. The summed E-state index contributed by atoms with van der Waals surface area (Å²) < 4.78 is 27.0. The van der Waals surface area contributed by atoms with E-state index in [9.17, 15) is 13.2 Å². The highest BCUT2D eigenvalue weighted by Crippen LogP contribution is 2.23. The molecule has 22 heavy (non-hydrogen) atoms. The first kappa shape index (κ1) is 19.1. The van der Waals surface area contributed by atoms with Gasteiger partial charge in [-0.05, 0) is 47.5 Å². The van der Waals surface area contributed by atoms with Crippen LogP contribution in [0.4, 0.5) is 0 Å². The van der Waals surface area contributed by atoms with E-state index in [0.717, 1.165) is 6.42 Å². The number of nitrogens with one attached hydrogen (secondary N) is 1. The highest BCUT2D eigenvalue weighted by Gasteiger charge is 2.23. The Balaban J connectivity index is 3.22. The van der Waals surface area contributed by atoms with Crippen molar-refractivity contribution in [3.63, 3.8) is 0 Å². The Bertz CT molecular complexity index is 628. The Kier molecular flexibility index (Phi) is 7.02. The maximum absolute atomic E-state index is 12.5. The van der Waals surface area contributed by atoms with Crippen LogP contribution < -0.4 is 5.32 Å². The minimum Gasteiger partial charge on any atom is -0.350 e. The molecule has 0 aliphatic carbocycles. The van der Waals surface area contributed by atoms with Crippen molar-refractivity contribution in [3.05, 3.63) is 28.2 Å². The molecule has 1 amide bonds. The van der Waals surface area contributed by atoms with Gasteiger partial charge in [0.15, 0.2) is 0 Å². The van der Waals surface area contributed by atoms with Gasteiger partial charge in [0.05, 0.1) is 10.5 Å². The largest absolute Gasteiger partial charge is 0.350 e. The molecule has 0 heterocycles. The maximum atomic E-state index is 12.5. The summed E-state index contributed by atoms with van der Waals surface area (Å²) in [6.45, 7) is 8.24. The van der Waals surface area contributed by atoms with E-state index in [4.69, 9.17) is 0 Å². The van der Waals surface area contributed by atoms with Gasteiger partial charge in [0.2, 0.25) is 10.0 Å². The monoisotopic (exact) mass is 390 g/mol. The van der Waals surface area contributed by atoms with Crippen molar-refractivity contribution in [3.8, 4) is 0 Å². The molecule has 5 nitrogen and oxygen atoms in total. The minimum atomic E-state index is -3.58. The smallest absolute Gasteiger partial charge is 0.252 e. The van der Waals surface area contributed by atoms with Crippen molar-refractivity contribution < 1.29 is 13.2 Å². The Morgan fingerprint density at radius 2 is 1.86 bits per heavy atom. The molecular formula is C15H23BrN2O3S. The van der Waals surface area contributed by atoms with Crippen LogP contribution in [0.3, 0.4) is 0 Å². The summed E-state index contributed by atoms with van der Waals surface area (Å²) in [6.07, 6.45) is 0.806. The van der Waals surface area contributed by atoms with Crippen LogP contribution in [0.25, 0.3) is 0 Å². The zero-order valence-electron chi connectivity index (χ0n) is 13.4. The highest BCUT2D eigenvalue weighted by molar-refractivity contribution is 9.10. The number of benzene rings is 1. The third-order valence-electron chi connectivity index (χ3n) is 3.52. The standard InChI is InChI=1S/C15H23BrN2O3S/c1-5-11(4)17-15(19)13-10-12(8-9-14(13)16)22(20,21)18(6-2)7-3/h8-11H,5-7H2,1-4H3,(H,17,19)/t11-/m0/s1. The average Bonchev–Trinajstić information content (AvgIpc) is 2.48. The second-order valence-corrected chi connectivity index (χ2v) is 7.81. The molecule has 1 aromatic carbocycles. The van der Waals surface area contributed by atoms with Gasteiger partial charge in [-0.2, -0.15) is 4.31 Å². The quantitative estimate of drug-likeness (QED) is 0.777. The van der Waals surface area contributed by atoms with Gasteiger partial charge in [-0.25, -0.2) is 8.42 Å². The van der Waals surface area contributed by atoms with E-state index < -0.39 is 10.0 Å². The fourth-order valence-electron chi connectivity index (χ4n) is 1.96. The number of rotatable bonds is 7. The topological polar surface area (TPSA) is 66.5 Å². The fourth-order valence-corrected chi connectivity index (χ4v) is 3.87. The number of hydrogen-bond donors (Lipinski definition) is 1. The molecular weight excluding hydrogens is 368 g/mol. The van der Waals surface area contributed by atoms with Crippen LogP contribution >= 0.6 is 15.9 Å². The van der Waals surface area contributed by atoms with Crippen LogP contribution in [0.1, 0.15) is 44.5 Å². The summed E-state index contributed by atoms with van der Waals surface area (Å²) in [6, 6.07) is 4.57. The summed E-state index contributed by atoms with van der Waals surface area (Å²) >= 11 is 3.31. The van der Waals surface area contributed by atoms with Gasteiger partial charge in [-0.15, -0.1) is 0 Å². The van der Waals surface area contributed by atoms with Crippen LogP contribution in [-0.4, -0.2) is 37.8 Å². The molecule has 7 heteroatoms. The second kappa shape index (κ2) is 8.08. The average molecular weight is 391 g/mol. The van der Waals surface area contributed by atoms with Crippen LogP contribution in [0, 0.1) is 0 Å². The molecule has 124 valence electrons. The number of hydrogen-bond acceptors (Lipinski definition) is 3. The Hall–Kier alpha value is -0.920. The molecule has 0 saturated carbocycles. The number of carbonyl (C=O) groups excluding carboxylic acids is 1. The first-order valence-electron chi connectivity index (χ1n) is 7.38. The number of halogens is 1. The zero-order valence-corrected chi connectivity index (χ0v) is 15.8. The minimum absolute atomic E-state index is 0.0300. The predicted octanol–water partition coefficient (Wildman–Crippen LogP) is 3.01. The lowest BCUT2D eigenvalue weighted by molar-refractivity contribution is 0.0938. The normalized spacial score (nSPS) is 13.2. The van der Waals surface area contributed by atoms with Gasteiger partial charge < -0.3 is 5.32 Å². The van der Waals surface area contributed by atoms with Crippen LogP contribution in [0.2, 0.25) is 0 Å². The summed E-state index contributed by atoms with van der Waals surface area (Å²) in [5.41, 5.74) is 0.327. The summed E-state index contributed by atoms with van der Waals surface area (Å²) in [5, 5.41) is 2.85. The third-order valence-corrected chi connectivity index (χ3v) is 6.25. The maximum Gasteiger partial charge on any atom is 0.252 e. The third kappa shape index (κ3) is 4.30. The predicted molar refractivity (Wildman–Crippen MR) is 91.5 cm³/mol. The first-order chi connectivity index (χ1) is 10.3. The van der Waals surface area contributed by atoms with Crippen LogP contribution in [0.15, 0.2) is 27.6 Å². The molecule has 0 bridgehead atoms. The van der Waals surface area contributed by atoms with Crippen LogP contribution in [0.5, 0.6) is 0 Å². The van der Waals surface area contributed by atoms with E-state index in [1.807, 2.05) is 13.8 Å². The zero-order chi connectivity index (χ0) is 16.9. The van der Waals surface area contributed by atoms with Gasteiger partial charge >= 0.3 is 0 Å². The van der Waals surface area contributed by atoms with Crippen molar-refractivity contribution in [2.75, 3.05) is 13.1 Å². The van der Waals surface area contributed by atoms with Gasteiger partial charge in [0.25, 0.3) is 5.91 Å². The summed E-state index contributed by atoms with van der Waals surface area (Å²) in [4.78, 5) is 12.4. The van der Waals surface area contributed by atoms with Crippen LogP contribution in [-0.2, 0) is 10.0 Å². The molecule has 1 atom stereocenters. The second-order valence-electron chi connectivity index (χ2n) is 5.01. The highest BCUT2D eigenvalue weighted by atomic mass is 79.9. The molecule has 0 aliphatic heterocycles. The lowest BCUT2D eigenvalue weighted by atomic mass is 10.2. The van der Waals surface area contributed by atoms with Crippen molar-refractivity contribution in [2.24, 2.45) is 0 Å². The lowest BCUT2D eigenvalue weighted by Crippen LogP contribution is -2.33. The van der Waals surface area contributed by atoms with Crippen molar-refractivity contribution in [1.82, 2.24) is 9.62 Å². The number of amides is 1.